The van der Waals surface area contributed by atoms with Gasteiger partial charge < -0.3 is 14.4 Å². The molecular formula is C28H33F2N5O2. The summed E-state index contributed by atoms with van der Waals surface area (Å²) in [5, 5.41) is 0. The van der Waals surface area contributed by atoms with E-state index < -0.39 is 11.6 Å². The molecule has 3 aliphatic heterocycles. The molecule has 2 aromatic carbocycles. The summed E-state index contributed by atoms with van der Waals surface area (Å²) in [5.41, 5.74) is 2.70. The first-order valence-electron chi connectivity index (χ1n) is 13.1. The number of anilines is 1. The smallest absolute Gasteiger partial charge is 0.180 e. The van der Waals surface area contributed by atoms with Gasteiger partial charge in [-0.3, -0.25) is 14.4 Å². The number of hydrogen-bond acceptors (Lipinski definition) is 6. The normalized spacial score (nSPS) is 18.6. The molecule has 0 radical (unpaired) electrons. The van der Waals surface area contributed by atoms with Gasteiger partial charge in [-0.15, -0.1) is 0 Å². The number of ether oxygens (including phenoxy) is 2. The molecule has 3 aliphatic rings. The Kier molecular flexibility index (Phi) is 6.60. The van der Waals surface area contributed by atoms with Gasteiger partial charge in [0.1, 0.15) is 12.4 Å². The zero-order valence-electron chi connectivity index (χ0n) is 21.4. The second kappa shape index (κ2) is 10.0. The van der Waals surface area contributed by atoms with Gasteiger partial charge in [0.15, 0.2) is 17.4 Å². The van der Waals surface area contributed by atoms with Crippen LogP contribution in [0.25, 0.3) is 16.8 Å². The molecule has 7 nitrogen and oxygen atoms in total. The van der Waals surface area contributed by atoms with Gasteiger partial charge in [-0.1, -0.05) is 12.1 Å². The molecule has 2 fully saturated rings. The second-order valence-corrected chi connectivity index (χ2v) is 10.3. The number of benzene rings is 2. The molecule has 6 rings (SSSR count). The number of morpholine rings is 1. The Hall–Kier alpha value is -3.01. The van der Waals surface area contributed by atoms with Gasteiger partial charge in [0.2, 0.25) is 0 Å². The molecule has 0 atom stereocenters. The van der Waals surface area contributed by atoms with E-state index in [0.29, 0.717) is 42.9 Å². The Morgan fingerprint density at radius 2 is 1.70 bits per heavy atom. The fraction of sp³-hybridized carbons (Fsp3) is 0.464. The summed E-state index contributed by atoms with van der Waals surface area (Å²) in [7, 11) is 0. The number of fused-ring (bicyclic) bond motifs is 3. The van der Waals surface area contributed by atoms with Crippen LogP contribution in [0.5, 0.6) is 5.75 Å². The first kappa shape index (κ1) is 24.3. The van der Waals surface area contributed by atoms with Gasteiger partial charge in [-0.05, 0) is 31.5 Å². The molecule has 0 saturated carbocycles. The molecule has 3 aromatic rings. The SMILES string of the molecule is CC(C)N1CCN(c2ccc(-c3c(F)cc4c(c3F)OCc3nc(CN5CCOCC5)cn3-4)cc2)CC1. The topological polar surface area (TPSA) is 46.0 Å². The minimum absolute atomic E-state index is 0.0629. The van der Waals surface area contributed by atoms with Crippen molar-refractivity contribution in [1.29, 1.82) is 0 Å². The summed E-state index contributed by atoms with van der Waals surface area (Å²) in [6, 6.07) is 9.39. The van der Waals surface area contributed by atoms with Crippen LogP contribution in [0.4, 0.5) is 14.5 Å². The van der Waals surface area contributed by atoms with Gasteiger partial charge in [0.25, 0.3) is 0 Å². The zero-order valence-corrected chi connectivity index (χ0v) is 21.4. The lowest BCUT2D eigenvalue weighted by molar-refractivity contribution is 0.0337. The largest absolute Gasteiger partial charge is 0.480 e. The maximum absolute atomic E-state index is 15.7. The Morgan fingerprint density at radius 1 is 0.973 bits per heavy atom. The minimum Gasteiger partial charge on any atom is -0.480 e. The van der Waals surface area contributed by atoms with E-state index in [4.69, 9.17) is 9.47 Å². The van der Waals surface area contributed by atoms with Crippen LogP contribution in [-0.2, 0) is 17.9 Å². The predicted octanol–water partition coefficient (Wildman–Crippen LogP) is 4.07. The molecule has 0 amide bonds. The molecule has 196 valence electrons. The van der Waals surface area contributed by atoms with E-state index in [9.17, 15) is 0 Å². The van der Waals surface area contributed by atoms with Crippen LogP contribution in [0, 0.1) is 11.6 Å². The third-order valence-electron chi connectivity index (χ3n) is 7.64. The Labute approximate surface area is 216 Å². The van der Waals surface area contributed by atoms with Crippen LogP contribution < -0.4 is 9.64 Å². The maximum Gasteiger partial charge on any atom is 0.180 e. The zero-order chi connectivity index (χ0) is 25.5. The molecule has 0 aliphatic carbocycles. The van der Waals surface area contributed by atoms with Crippen molar-refractivity contribution in [1.82, 2.24) is 19.4 Å². The number of piperazine rings is 1. The minimum atomic E-state index is -0.678. The van der Waals surface area contributed by atoms with Crippen LogP contribution in [-0.4, -0.2) is 77.9 Å². The van der Waals surface area contributed by atoms with E-state index in [-0.39, 0.29) is 17.9 Å². The van der Waals surface area contributed by atoms with Crippen LogP contribution in [0.1, 0.15) is 25.4 Å². The number of rotatable bonds is 5. The lowest BCUT2D eigenvalue weighted by atomic mass is 10.0. The highest BCUT2D eigenvalue weighted by molar-refractivity contribution is 5.72. The average molecular weight is 510 g/mol. The van der Waals surface area contributed by atoms with Crippen molar-refractivity contribution >= 4 is 5.69 Å². The van der Waals surface area contributed by atoms with Gasteiger partial charge in [0, 0.05) is 69.8 Å². The Balaban J connectivity index is 1.24. The molecule has 4 heterocycles. The molecule has 0 bridgehead atoms. The standard InChI is InChI=1S/C28H33F2N5O2/c1-19(2)33-7-9-34(10-8-33)22-5-3-20(4-6-22)26-23(29)15-24-28(27(26)30)37-18-25-31-21(17-35(24)25)16-32-11-13-36-14-12-32/h3-6,15,17,19H,7-14,16,18H2,1-2H3. The monoisotopic (exact) mass is 509 g/mol. The number of imidazole rings is 1. The third-order valence-corrected chi connectivity index (χ3v) is 7.64. The predicted molar refractivity (Wildman–Crippen MR) is 138 cm³/mol. The fourth-order valence-corrected chi connectivity index (χ4v) is 5.49. The average Bonchev–Trinajstić information content (AvgIpc) is 3.33. The lowest BCUT2D eigenvalue weighted by Crippen LogP contribution is -2.48. The van der Waals surface area contributed by atoms with Crippen LogP contribution in [0.3, 0.4) is 0 Å². The van der Waals surface area contributed by atoms with E-state index in [1.807, 2.05) is 18.3 Å². The van der Waals surface area contributed by atoms with Crippen molar-refractivity contribution in [3.63, 3.8) is 0 Å². The van der Waals surface area contributed by atoms with Gasteiger partial charge in [0.05, 0.1) is 30.2 Å². The first-order chi connectivity index (χ1) is 18.0. The quantitative estimate of drug-likeness (QED) is 0.517. The highest BCUT2D eigenvalue weighted by atomic mass is 19.1. The third kappa shape index (κ3) is 4.71. The first-order valence-corrected chi connectivity index (χ1v) is 13.1. The molecular weight excluding hydrogens is 476 g/mol. The summed E-state index contributed by atoms with van der Waals surface area (Å²) in [6.07, 6.45) is 1.86. The van der Waals surface area contributed by atoms with E-state index >= 15 is 8.78 Å². The van der Waals surface area contributed by atoms with E-state index in [0.717, 1.165) is 50.6 Å². The molecule has 9 heteroatoms. The lowest BCUT2D eigenvalue weighted by Gasteiger charge is -2.38. The summed E-state index contributed by atoms with van der Waals surface area (Å²) >= 11 is 0. The van der Waals surface area contributed by atoms with Crippen LogP contribution >= 0.6 is 0 Å². The highest BCUT2D eigenvalue weighted by Gasteiger charge is 2.28. The summed E-state index contributed by atoms with van der Waals surface area (Å²) in [6.45, 7) is 12.2. The molecule has 0 unspecified atom stereocenters. The van der Waals surface area contributed by atoms with Gasteiger partial charge in [-0.2, -0.15) is 0 Å². The van der Waals surface area contributed by atoms with Crippen molar-refractivity contribution in [3.05, 3.63) is 59.7 Å². The summed E-state index contributed by atoms with van der Waals surface area (Å²) in [5.74, 6) is -0.589. The number of halogens is 2. The van der Waals surface area contributed by atoms with Crippen molar-refractivity contribution in [3.8, 4) is 22.6 Å². The highest BCUT2D eigenvalue weighted by Crippen LogP contribution is 2.40. The second-order valence-electron chi connectivity index (χ2n) is 10.3. The van der Waals surface area contributed by atoms with Crippen molar-refractivity contribution in [2.75, 3.05) is 57.4 Å². The van der Waals surface area contributed by atoms with Crippen molar-refractivity contribution in [2.45, 2.75) is 33.0 Å². The molecule has 0 N–H and O–H groups in total. The molecule has 37 heavy (non-hydrogen) atoms. The molecule has 1 aromatic heterocycles. The maximum atomic E-state index is 15.7. The van der Waals surface area contributed by atoms with Gasteiger partial charge >= 0.3 is 0 Å². The van der Waals surface area contributed by atoms with E-state index in [1.54, 1.807) is 16.7 Å². The number of nitrogens with zero attached hydrogens (tertiary/aromatic N) is 5. The number of hydrogen-bond donors (Lipinski definition) is 0. The van der Waals surface area contributed by atoms with Crippen LogP contribution in [0.15, 0.2) is 36.5 Å². The molecule has 0 spiro atoms. The van der Waals surface area contributed by atoms with E-state index in [1.165, 1.54) is 6.07 Å². The van der Waals surface area contributed by atoms with Gasteiger partial charge in [-0.25, -0.2) is 13.8 Å². The van der Waals surface area contributed by atoms with Crippen molar-refractivity contribution < 1.29 is 18.3 Å². The van der Waals surface area contributed by atoms with E-state index in [2.05, 4.69) is 33.5 Å². The van der Waals surface area contributed by atoms with Crippen molar-refractivity contribution in [2.24, 2.45) is 0 Å². The summed E-state index contributed by atoms with van der Waals surface area (Å²) < 4.78 is 44.1. The Morgan fingerprint density at radius 3 is 2.41 bits per heavy atom. The molecule has 2 saturated heterocycles. The fourth-order valence-electron chi connectivity index (χ4n) is 5.49. The number of aromatic nitrogens is 2. The van der Waals surface area contributed by atoms with Crippen LogP contribution in [0.2, 0.25) is 0 Å². The summed E-state index contributed by atoms with van der Waals surface area (Å²) in [4.78, 5) is 11.7. The Bertz CT molecular complexity index is 1260.